The summed E-state index contributed by atoms with van der Waals surface area (Å²) in [4.78, 5) is 27.5. The molecule has 2 heterocycles. The van der Waals surface area contributed by atoms with Crippen LogP contribution in [-0.2, 0) is 38.8 Å². The smallest absolute Gasteiger partial charge is 0.303 e. The largest absolute Gasteiger partial charge is 0.481 e. The van der Waals surface area contributed by atoms with Crippen molar-refractivity contribution in [2.45, 2.75) is 63.9 Å². The van der Waals surface area contributed by atoms with E-state index in [9.17, 15) is 14.7 Å². The fraction of sp³-hybridized carbons (Fsp3) is 0.270. The molecule has 3 atom stereocenters. The SMILES string of the molecule is O=C(O)CCCC(=O)NCc1cccc(-c2cccc([C@H]3O[C@@H](Cn4cnc5ccccc54)C[C@@H](c4ccc(CO)cc4)O3)c2)c1. The number of amides is 1. The van der Waals surface area contributed by atoms with E-state index < -0.39 is 12.3 Å². The molecule has 0 saturated carbocycles. The van der Waals surface area contributed by atoms with Crippen LogP contribution < -0.4 is 5.32 Å². The van der Waals surface area contributed by atoms with Gasteiger partial charge >= 0.3 is 5.97 Å². The Morgan fingerprint density at radius 3 is 2.43 bits per heavy atom. The highest BCUT2D eigenvalue weighted by atomic mass is 16.7. The first-order valence-corrected chi connectivity index (χ1v) is 15.5. The summed E-state index contributed by atoms with van der Waals surface area (Å²) >= 11 is 0. The van der Waals surface area contributed by atoms with E-state index in [0.29, 0.717) is 25.9 Å². The lowest BCUT2D eigenvalue weighted by Gasteiger charge is -2.36. The predicted octanol–water partition coefficient (Wildman–Crippen LogP) is 6.31. The maximum absolute atomic E-state index is 12.2. The number of aliphatic hydroxyl groups excluding tert-OH is 1. The number of hydrogen-bond acceptors (Lipinski definition) is 6. The monoisotopic (exact) mass is 619 g/mol. The molecule has 1 aliphatic heterocycles. The normalized spacial score (nSPS) is 18.0. The van der Waals surface area contributed by atoms with Crippen LogP contribution in [0.25, 0.3) is 22.2 Å². The Balaban J connectivity index is 1.21. The molecule has 0 unspecified atom stereocenters. The molecule has 6 rings (SSSR count). The van der Waals surface area contributed by atoms with E-state index >= 15 is 0 Å². The van der Waals surface area contributed by atoms with Gasteiger partial charge < -0.3 is 29.6 Å². The number of carboxylic acids is 1. The molecule has 5 aromatic rings. The number of ether oxygens (including phenoxy) is 2. The zero-order valence-corrected chi connectivity index (χ0v) is 25.4. The van der Waals surface area contributed by atoms with Gasteiger partial charge in [-0.2, -0.15) is 0 Å². The predicted molar refractivity (Wildman–Crippen MR) is 173 cm³/mol. The van der Waals surface area contributed by atoms with Gasteiger partial charge in [-0.15, -0.1) is 0 Å². The molecule has 236 valence electrons. The second-order valence-corrected chi connectivity index (χ2v) is 11.6. The molecular weight excluding hydrogens is 582 g/mol. The molecule has 1 fully saturated rings. The van der Waals surface area contributed by atoms with E-state index in [2.05, 4.69) is 27.0 Å². The number of carboxylic acid groups (broad SMARTS) is 1. The van der Waals surface area contributed by atoms with Crippen molar-refractivity contribution in [3.8, 4) is 11.1 Å². The van der Waals surface area contributed by atoms with Gasteiger partial charge in [0.2, 0.25) is 5.91 Å². The molecule has 0 spiro atoms. The molecule has 1 aliphatic rings. The van der Waals surface area contributed by atoms with Gasteiger partial charge in [-0.3, -0.25) is 9.59 Å². The van der Waals surface area contributed by atoms with E-state index in [-0.39, 0.29) is 37.6 Å². The van der Waals surface area contributed by atoms with Crippen LogP contribution in [0.15, 0.2) is 103 Å². The Labute approximate surface area is 267 Å². The summed E-state index contributed by atoms with van der Waals surface area (Å²) in [6.07, 6.45) is 2.02. The number of hydrogen-bond donors (Lipinski definition) is 3. The van der Waals surface area contributed by atoms with Gasteiger partial charge in [-0.25, -0.2) is 4.98 Å². The van der Waals surface area contributed by atoms with E-state index in [0.717, 1.165) is 44.4 Å². The molecule has 1 saturated heterocycles. The van der Waals surface area contributed by atoms with Crippen LogP contribution >= 0.6 is 0 Å². The van der Waals surface area contributed by atoms with Crippen LogP contribution in [0.2, 0.25) is 0 Å². The van der Waals surface area contributed by atoms with E-state index in [1.807, 2.05) is 91.3 Å². The number of carbonyl (C=O) groups is 2. The average Bonchev–Trinajstić information content (AvgIpc) is 3.49. The standard InChI is InChI=1S/C37H37N3O6/c41-23-25-14-16-27(17-15-25)34-20-31(22-40-24-39-32-10-1-2-11-33(32)40)45-37(46-34)30-9-4-8-29(19-30)28-7-3-6-26(18-28)21-38-35(42)12-5-13-36(43)44/h1-4,6-11,14-19,24,31,34,37,41H,5,12-13,20-23H2,(H,38,42)(H,43,44)/t31-,34+,37+/m1/s1. The number of nitrogens with one attached hydrogen (secondary N) is 1. The maximum atomic E-state index is 12.2. The Bertz CT molecular complexity index is 1800. The molecule has 0 radical (unpaired) electrons. The highest BCUT2D eigenvalue weighted by molar-refractivity contribution is 5.77. The molecule has 4 aromatic carbocycles. The lowest BCUT2D eigenvalue weighted by molar-refractivity contribution is -0.252. The van der Waals surface area contributed by atoms with E-state index in [1.54, 1.807) is 0 Å². The van der Waals surface area contributed by atoms with Gasteiger partial charge in [-0.05, 0) is 58.5 Å². The number of nitrogens with zero attached hydrogens (tertiary/aromatic N) is 2. The van der Waals surface area contributed by atoms with Crippen molar-refractivity contribution in [2.75, 3.05) is 0 Å². The molecule has 1 aromatic heterocycles. The van der Waals surface area contributed by atoms with Gasteiger partial charge in [0.25, 0.3) is 0 Å². The number of carbonyl (C=O) groups excluding carboxylic acids is 1. The highest BCUT2D eigenvalue weighted by Gasteiger charge is 2.33. The third kappa shape index (κ3) is 7.69. The molecule has 9 heteroatoms. The summed E-state index contributed by atoms with van der Waals surface area (Å²) in [7, 11) is 0. The minimum absolute atomic E-state index is 0.0129. The highest BCUT2D eigenvalue weighted by Crippen LogP contribution is 2.39. The van der Waals surface area contributed by atoms with Crippen molar-refractivity contribution in [1.29, 1.82) is 0 Å². The second kappa shape index (κ2) is 14.5. The third-order valence-corrected chi connectivity index (χ3v) is 8.25. The fourth-order valence-corrected chi connectivity index (χ4v) is 5.82. The van der Waals surface area contributed by atoms with Crippen molar-refractivity contribution in [3.05, 3.63) is 126 Å². The van der Waals surface area contributed by atoms with Crippen LogP contribution in [0.4, 0.5) is 0 Å². The van der Waals surface area contributed by atoms with Gasteiger partial charge in [0.1, 0.15) is 0 Å². The number of aliphatic hydroxyl groups is 1. The van der Waals surface area contributed by atoms with Crippen LogP contribution in [0, 0.1) is 0 Å². The molecule has 0 bridgehead atoms. The lowest BCUT2D eigenvalue weighted by Crippen LogP contribution is -2.32. The van der Waals surface area contributed by atoms with E-state index in [4.69, 9.17) is 14.6 Å². The molecule has 9 nitrogen and oxygen atoms in total. The van der Waals surface area contributed by atoms with Crippen molar-refractivity contribution in [1.82, 2.24) is 14.9 Å². The summed E-state index contributed by atoms with van der Waals surface area (Å²) in [5.41, 5.74) is 7.69. The van der Waals surface area contributed by atoms with Crippen molar-refractivity contribution < 1.29 is 29.3 Å². The van der Waals surface area contributed by atoms with Gasteiger partial charge in [0, 0.05) is 31.4 Å². The zero-order valence-electron chi connectivity index (χ0n) is 25.4. The number of para-hydroxylation sites is 2. The number of aromatic nitrogens is 2. The number of benzene rings is 4. The summed E-state index contributed by atoms with van der Waals surface area (Å²) in [6.45, 7) is 0.964. The number of fused-ring (bicyclic) bond motifs is 1. The summed E-state index contributed by atoms with van der Waals surface area (Å²) < 4.78 is 15.4. The summed E-state index contributed by atoms with van der Waals surface area (Å²) in [5, 5.41) is 21.2. The Hall–Kier alpha value is -4.83. The number of aliphatic carboxylic acids is 1. The molecule has 46 heavy (non-hydrogen) atoms. The van der Waals surface area contributed by atoms with Gasteiger partial charge in [0.05, 0.1) is 42.7 Å². The fourth-order valence-electron chi connectivity index (χ4n) is 5.82. The zero-order chi connectivity index (χ0) is 31.9. The Morgan fingerprint density at radius 2 is 1.63 bits per heavy atom. The van der Waals surface area contributed by atoms with Crippen LogP contribution in [-0.4, -0.2) is 37.7 Å². The Kier molecular flexibility index (Phi) is 9.83. The Morgan fingerprint density at radius 1 is 0.848 bits per heavy atom. The van der Waals surface area contributed by atoms with Crippen LogP contribution in [0.5, 0.6) is 0 Å². The molecule has 3 N–H and O–H groups in total. The third-order valence-electron chi connectivity index (χ3n) is 8.25. The van der Waals surface area contributed by atoms with Crippen LogP contribution in [0.1, 0.15) is 60.3 Å². The van der Waals surface area contributed by atoms with Crippen molar-refractivity contribution in [2.24, 2.45) is 0 Å². The minimum Gasteiger partial charge on any atom is -0.481 e. The summed E-state index contributed by atoms with van der Waals surface area (Å²) in [5.74, 6) is -1.07. The molecule has 0 aliphatic carbocycles. The minimum atomic E-state index is -0.902. The topological polar surface area (TPSA) is 123 Å². The van der Waals surface area contributed by atoms with Gasteiger partial charge in [0.15, 0.2) is 6.29 Å². The number of imidazole rings is 1. The first kappa shape index (κ1) is 31.2. The second-order valence-electron chi connectivity index (χ2n) is 11.6. The van der Waals surface area contributed by atoms with Crippen molar-refractivity contribution in [3.63, 3.8) is 0 Å². The quantitative estimate of drug-likeness (QED) is 0.150. The first-order valence-electron chi connectivity index (χ1n) is 15.5. The molecular formula is C37H37N3O6. The average molecular weight is 620 g/mol. The molecule has 1 amide bonds. The maximum Gasteiger partial charge on any atom is 0.303 e. The summed E-state index contributed by atoms with van der Waals surface area (Å²) in [6, 6.07) is 32.0. The number of rotatable bonds is 12. The van der Waals surface area contributed by atoms with Crippen LogP contribution in [0.3, 0.4) is 0 Å². The van der Waals surface area contributed by atoms with Crippen molar-refractivity contribution >= 4 is 22.9 Å². The van der Waals surface area contributed by atoms with Gasteiger partial charge in [-0.1, -0.05) is 72.8 Å². The lowest BCUT2D eigenvalue weighted by atomic mass is 9.98. The van der Waals surface area contributed by atoms with E-state index in [1.165, 1.54) is 0 Å². The first-order chi connectivity index (χ1) is 22.4.